The Labute approximate surface area is 99.7 Å². The van der Waals surface area contributed by atoms with Gasteiger partial charge in [-0.3, -0.25) is 0 Å². The van der Waals surface area contributed by atoms with E-state index in [1.54, 1.807) is 6.20 Å². The summed E-state index contributed by atoms with van der Waals surface area (Å²) < 4.78 is 0. The summed E-state index contributed by atoms with van der Waals surface area (Å²) >= 11 is 0. The monoisotopic (exact) mass is 221 g/mol. The van der Waals surface area contributed by atoms with Crippen LogP contribution >= 0.6 is 0 Å². The van der Waals surface area contributed by atoms with Crippen molar-refractivity contribution >= 4 is 5.57 Å². The number of azide groups is 1. The Morgan fingerprint density at radius 1 is 0.882 bits per heavy atom. The molecule has 82 valence electrons. The smallest absolute Gasteiger partial charge is 0.00936 e. The van der Waals surface area contributed by atoms with Gasteiger partial charge in [-0.15, -0.1) is 0 Å². The summed E-state index contributed by atoms with van der Waals surface area (Å²) in [7, 11) is 0. The summed E-state index contributed by atoms with van der Waals surface area (Å²) in [5.74, 6) is 0. The van der Waals surface area contributed by atoms with Crippen LogP contribution in [-0.2, 0) is 0 Å². The van der Waals surface area contributed by atoms with Crippen LogP contribution in [0.1, 0.15) is 11.1 Å². The molecule has 2 aromatic carbocycles. The molecular weight excluding hydrogens is 210 g/mol. The van der Waals surface area contributed by atoms with Crippen LogP contribution < -0.4 is 0 Å². The second-order valence-electron chi connectivity index (χ2n) is 3.48. The van der Waals surface area contributed by atoms with Crippen LogP contribution in [0.25, 0.3) is 16.0 Å². The number of hydrogen-bond donors (Lipinski definition) is 0. The van der Waals surface area contributed by atoms with Crippen molar-refractivity contribution in [2.45, 2.75) is 0 Å². The normalized spacial score (nSPS) is 9.18. The molecule has 0 unspecified atom stereocenters. The Morgan fingerprint density at radius 3 is 1.76 bits per heavy atom. The van der Waals surface area contributed by atoms with Crippen molar-refractivity contribution in [2.24, 2.45) is 5.11 Å². The highest BCUT2D eigenvalue weighted by Gasteiger charge is 2.02. The Hall–Kier alpha value is -2.51. The maximum absolute atomic E-state index is 8.42. The summed E-state index contributed by atoms with van der Waals surface area (Å²) in [5, 5.41) is 3.54. The van der Waals surface area contributed by atoms with Gasteiger partial charge in [0.25, 0.3) is 0 Å². The topological polar surface area (TPSA) is 48.8 Å². The lowest BCUT2D eigenvalue weighted by atomic mass is 9.99. The molecule has 0 heterocycles. The third-order valence-corrected chi connectivity index (χ3v) is 2.41. The van der Waals surface area contributed by atoms with E-state index in [2.05, 4.69) is 10.0 Å². The van der Waals surface area contributed by atoms with Gasteiger partial charge in [0, 0.05) is 11.1 Å². The summed E-state index contributed by atoms with van der Waals surface area (Å²) in [4.78, 5) is 2.78. The number of benzene rings is 2. The lowest BCUT2D eigenvalue weighted by Gasteiger charge is -2.06. The third-order valence-electron chi connectivity index (χ3n) is 2.41. The van der Waals surface area contributed by atoms with Gasteiger partial charge in [-0.2, -0.15) is 0 Å². The molecule has 0 atom stereocenters. The van der Waals surface area contributed by atoms with Crippen molar-refractivity contribution in [3.8, 4) is 0 Å². The number of nitrogens with zero attached hydrogens (tertiary/aromatic N) is 3. The molecule has 0 spiro atoms. The van der Waals surface area contributed by atoms with E-state index in [0.29, 0.717) is 0 Å². The first-order chi connectivity index (χ1) is 8.42. The fourth-order valence-corrected chi connectivity index (χ4v) is 1.63. The van der Waals surface area contributed by atoms with Gasteiger partial charge in [0.15, 0.2) is 0 Å². The van der Waals surface area contributed by atoms with E-state index in [4.69, 9.17) is 5.53 Å². The molecule has 0 radical (unpaired) electrons. The number of rotatable bonds is 3. The molecule has 0 aromatic heterocycles. The first-order valence-electron chi connectivity index (χ1n) is 5.27. The van der Waals surface area contributed by atoms with Crippen molar-refractivity contribution in [2.75, 3.05) is 0 Å². The van der Waals surface area contributed by atoms with Crippen LogP contribution in [0.4, 0.5) is 0 Å². The fourth-order valence-electron chi connectivity index (χ4n) is 1.63. The minimum Gasteiger partial charge on any atom is -0.0679 e. The zero-order valence-corrected chi connectivity index (χ0v) is 9.19. The van der Waals surface area contributed by atoms with Gasteiger partial charge in [-0.25, -0.2) is 0 Å². The van der Waals surface area contributed by atoms with Gasteiger partial charge in [0.05, 0.1) is 0 Å². The molecule has 0 fully saturated rings. The molecule has 0 N–H and O–H groups in total. The van der Waals surface area contributed by atoms with Gasteiger partial charge in [-0.05, 0) is 22.2 Å². The fraction of sp³-hybridized carbons (Fsp3) is 0. The molecule has 0 amide bonds. The van der Waals surface area contributed by atoms with Crippen LogP contribution in [0, 0.1) is 0 Å². The average Bonchev–Trinajstić information content (AvgIpc) is 2.42. The standard InChI is InChI=1S/C14H11N3/c15-17-16-11-14(12-7-3-1-4-8-12)13-9-5-2-6-10-13/h1-11H. The van der Waals surface area contributed by atoms with Gasteiger partial charge >= 0.3 is 0 Å². The van der Waals surface area contributed by atoms with Crippen LogP contribution in [-0.4, -0.2) is 0 Å². The predicted octanol–water partition coefficient (Wildman–Crippen LogP) is 4.39. The molecule has 3 nitrogen and oxygen atoms in total. The van der Waals surface area contributed by atoms with E-state index in [1.807, 2.05) is 60.7 Å². The van der Waals surface area contributed by atoms with Crippen LogP contribution in [0.2, 0.25) is 0 Å². The predicted molar refractivity (Wildman–Crippen MR) is 69.1 cm³/mol. The summed E-state index contributed by atoms with van der Waals surface area (Å²) in [5.41, 5.74) is 11.4. The zero-order valence-electron chi connectivity index (χ0n) is 9.19. The van der Waals surface area contributed by atoms with E-state index in [9.17, 15) is 0 Å². The first-order valence-corrected chi connectivity index (χ1v) is 5.27. The molecule has 0 bridgehead atoms. The van der Waals surface area contributed by atoms with E-state index in [0.717, 1.165) is 16.7 Å². The molecule has 0 aliphatic rings. The summed E-state index contributed by atoms with van der Waals surface area (Å²) in [6, 6.07) is 19.7. The second kappa shape index (κ2) is 5.54. The van der Waals surface area contributed by atoms with E-state index in [1.165, 1.54) is 0 Å². The van der Waals surface area contributed by atoms with Crippen molar-refractivity contribution in [3.63, 3.8) is 0 Å². The van der Waals surface area contributed by atoms with Gasteiger partial charge in [-0.1, -0.05) is 65.8 Å². The maximum atomic E-state index is 8.42. The highest BCUT2D eigenvalue weighted by molar-refractivity contribution is 5.79. The summed E-state index contributed by atoms with van der Waals surface area (Å²) in [6.45, 7) is 0. The van der Waals surface area contributed by atoms with Crippen molar-refractivity contribution in [1.29, 1.82) is 0 Å². The lowest BCUT2D eigenvalue weighted by Crippen LogP contribution is -1.86. The Morgan fingerprint density at radius 2 is 1.35 bits per heavy atom. The molecule has 0 aliphatic carbocycles. The average molecular weight is 221 g/mol. The highest BCUT2D eigenvalue weighted by Crippen LogP contribution is 2.22. The van der Waals surface area contributed by atoms with Crippen molar-refractivity contribution < 1.29 is 0 Å². The highest BCUT2D eigenvalue weighted by atomic mass is 15.1. The van der Waals surface area contributed by atoms with E-state index < -0.39 is 0 Å². The largest absolute Gasteiger partial charge is 0.0679 e. The Balaban J connectivity index is 2.51. The molecule has 17 heavy (non-hydrogen) atoms. The molecule has 2 aromatic rings. The zero-order chi connectivity index (χ0) is 11.9. The van der Waals surface area contributed by atoms with E-state index >= 15 is 0 Å². The van der Waals surface area contributed by atoms with Crippen LogP contribution in [0.5, 0.6) is 0 Å². The Bertz CT molecular complexity index is 511. The molecule has 0 saturated heterocycles. The summed E-state index contributed by atoms with van der Waals surface area (Å²) in [6.07, 6.45) is 1.55. The minimum absolute atomic E-state index is 0.920. The lowest BCUT2D eigenvalue weighted by molar-refractivity contribution is 1.46. The second-order valence-corrected chi connectivity index (χ2v) is 3.48. The molecule has 3 heteroatoms. The van der Waals surface area contributed by atoms with Crippen molar-refractivity contribution in [3.05, 3.63) is 88.4 Å². The quantitative estimate of drug-likeness (QED) is 0.419. The molecular formula is C14H11N3. The third kappa shape index (κ3) is 2.74. The molecule has 2 rings (SSSR count). The molecule has 0 aliphatic heterocycles. The van der Waals surface area contributed by atoms with E-state index in [-0.39, 0.29) is 0 Å². The maximum Gasteiger partial charge on any atom is 0.00936 e. The first kappa shape index (κ1) is 11.0. The minimum atomic E-state index is 0.920. The van der Waals surface area contributed by atoms with Gasteiger partial charge in [0.1, 0.15) is 0 Å². The van der Waals surface area contributed by atoms with Crippen LogP contribution in [0.3, 0.4) is 0 Å². The SMILES string of the molecule is [N-]=[N+]=NC=C(c1ccccc1)c1ccccc1. The molecule has 0 saturated carbocycles. The van der Waals surface area contributed by atoms with Gasteiger partial charge < -0.3 is 0 Å². The van der Waals surface area contributed by atoms with Crippen LogP contribution in [0.15, 0.2) is 72.0 Å². The van der Waals surface area contributed by atoms with Crippen molar-refractivity contribution in [1.82, 2.24) is 0 Å². The van der Waals surface area contributed by atoms with Gasteiger partial charge in [0.2, 0.25) is 0 Å². The Kier molecular flexibility index (Phi) is 3.58. The number of hydrogen-bond acceptors (Lipinski definition) is 1.